The first-order valence-electron chi connectivity index (χ1n) is 7.88. The van der Waals surface area contributed by atoms with E-state index >= 15 is 0 Å². The van der Waals surface area contributed by atoms with Crippen molar-refractivity contribution in [1.82, 2.24) is 4.98 Å². The highest BCUT2D eigenvalue weighted by Gasteiger charge is 2.12. The molecule has 0 saturated carbocycles. The lowest BCUT2D eigenvalue weighted by Gasteiger charge is -2.07. The fraction of sp³-hybridized carbons (Fsp3) is 0.300. The van der Waals surface area contributed by atoms with Gasteiger partial charge in [-0.25, -0.2) is 4.21 Å². The molecule has 0 aliphatic carbocycles. The second-order valence-corrected chi connectivity index (χ2v) is 9.24. The summed E-state index contributed by atoms with van der Waals surface area (Å²) in [4.78, 5) is 17.0. The van der Waals surface area contributed by atoms with Crippen molar-refractivity contribution in [2.45, 2.75) is 32.6 Å². The van der Waals surface area contributed by atoms with Crippen LogP contribution in [0.4, 0.5) is 0 Å². The zero-order valence-electron chi connectivity index (χ0n) is 15.2. The van der Waals surface area contributed by atoms with Crippen LogP contribution in [0.3, 0.4) is 0 Å². The van der Waals surface area contributed by atoms with Gasteiger partial charge in [0.2, 0.25) is 0 Å². The molecule has 2 aromatic rings. The van der Waals surface area contributed by atoms with Crippen molar-refractivity contribution >= 4 is 15.6 Å². The Balaban J connectivity index is 2.37. The molecule has 4 nitrogen and oxygen atoms in total. The molecule has 0 bridgehead atoms. The minimum absolute atomic E-state index is 0.146. The first-order chi connectivity index (χ1) is 11.6. The third-order valence-electron chi connectivity index (χ3n) is 3.25. The quantitative estimate of drug-likeness (QED) is 0.763. The van der Waals surface area contributed by atoms with Gasteiger partial charge in [-0.1, -0.05) is 24.0 Å². The number of hydrogen-bond acceptors (Lipinski definition) is 3. The van der Waals surface area contributed by atoms with Crippen LogP contribution in [0.25, 0.3) is 0 Å². The van der Waals surface area contributed by atoms with Gasteiger partial charge in [0.1, 0.15) is 0 Å². The van der Waals surface area contributed by atoms with Crippen molar-refractivity contribution < 1.29 is 9.00 Å². The molecule has 1 heterocycles. The molecule has 0 N–H and O–H groups in total. The fourth-order valence-corrected chi connectivity index (χ4v) is 3.26. The molecule has 1 amide bonds. The van der Waals surface area contributed by atoms with E-state index in [1.54, 1.807) is 30.5 Å². The van der Waals surface area contributed by atoms with Gasteiger partial charge in [0.25, 0.3) is 5.91 Å². The average Bonchev–Trinajstić information content (AvgIpc) is 2.52. The molecule has 0 aliphatic heterocycles. The molecular weight excluding hydrogens is 332 g/mol. The van der Waals surface area contributed by atoms with Gasteiger partial charge in [0, 0.05) is 34.5 Å². The Morgan fingerprint density at radius 2 is 1.92 bits per heavy atom. The highest BCUT2D eigenvalue weighted by molar-refractivity contribution is 7.93. The Bertz CT molecular complexity index is 982. The lowest BCUT2D eigenvalue weighted by Crippen LogP contribution is -2.05. The van der Waals surface area contributed by atoms with E-state index in [4.69, 9.17) is 0 Å². The number of amides is 1. The largest absolute Gasteiger partial charge is 0.286 e. The summed E-state index contributed by atoms with van der Waals surface area (Å²) < 4.78 is 16.8. The number of aromatic nitrogens is 1. The molecule has 0 aliphatic rings. The van der Waals surface area contributed by atoms with Gasteiger partial charge < -0.3 is 0 Å². The molecule has 0 radical (unpaired) electrons. The highest BCUT2D eigenvalue weighted by atomic mass is 32.2. The fourth-order valence-electron chi connectivity index (χ4n) is 2.00. The monoisotopic (exact) mass is 354 g/mol. The molecule has 0 saturated heterocycles. The van der Waals surface area contributed by atoms with Crippen molar-refractivity contribution in [2.24, 2.45) is 9.78 Å². The minimum Gasteiger partial charge on any atom is -0.266 e. The van der Waals surface area contributed by atoms with E-state index in [2.05, 4.69) is 21.2 Å². The number of rotatable bonds is 2. The van der Waals surface area contributed by atoms with Gasteiger partial charge in [0.05, 0.1) is 15.3 Å². The van der Waals surface area contributed by atoms with E-state index in [0.717, 1.165) is 5.56 Å². The maximum Gasteiger partial charge on any atom is 0.286 e. The van der Waals surface area contributed by atoms with Gasteiger partial charge >= 0.3 is 0 Å². The van der Waals surface area contributed by atoms with Gasteiger partial charge in [-0.15, -0.1) is 0 Å². The van der Waals surface area contributed by atoms with Crippen molar-refractivity contribution in [3.05, 3.63) is 59.4 Å². The van der Waals surface area contributed by atoms with E-state index in [-0.39, 0.29) is 11.0 Å². The Kier molecular flexibility index (Phi) is 5.44. The Labute approximate surface area is 149 Å². The van der Waals surface area contributed by atoms with Gasteiger partial charge in [-0.3, -0.25) is 9.78 Å². The predicted octanol–water partition coefficient (Wildman–Crippen LogP) is 4.08. The van der Waals surface area contributed by atoms with Crippen LogP contribution in [-0.4, -0.2) is 21.4 Å². The third-order valence-corrected chi connectivity index (χ3v) is 4.89. The van der Waals surface area contributed by atoms with Gasteiger partial charge in [0.15, 0.2) is 0 Å². The Morgan fingerprint density at radius 1 is 1.20 bits per heavy atom. The number of nitrogens with zero attached hydrogens (tertiary/aromatic N) is 2. The van der Waals surface area contributed by atoms with E-state index in [1.165, 1.54) is 12.5 Å². The van der Waals surface area contributed by atoms with Crippen LogP contribution in [0.5, 0.6) is 0 Å². The van der Waals surface area contributed by atoms with Gasteiger partial charge in [-0.05, 0) is 51.5 Å². The van der Waals surface area contributed by atoms with Gasteiger partial charge in [-0.2, -0.15) is 4.36 Å². The van der Waals surface area contributed by atoms with Crippen molar-refractivity contribution in [3.8, 4) is 11.8 Å². The van der Waals surface area contributed by atoms with E-state index in [9.17, 15) is 9.00 Å². The molecule has 5 heteroatoms. The first-order valence-corrected chi connectivity index (χ1v) is 9.81. The summed E-state index contributed by atoms with van der Waals surface area (Å²) in [5, 5.41) is 0. The van der Waals surface area contributed by atoms with Crippen LogP contribution in [0.1, 0.15) is 42.3 Å². The van der Waals surface area contributed by atoms with E-state index in [1.807, 2.05) is 33.8 Å². The van der Waals surface area contributed by atoms with Crippen LogP contribution in [0, 0.1) is 24.2 Å². The molecule has 1 atom stereocenters. The SMILES string of the molecule is Cc1cccc(S(C)(=O)=NC(=O)c2cncc(C#CC(C)(C)C)c2)c1. The van der Waals surface area contributed by atoms with E-state index in [0.29, 0.717) is 10.5 Å². The topological polar surface area (TPSA) is 59.4 Å². The zero-order valence-corrected chi connectivity index (χ0v) is 16.0. The smallest absolute Gasteiger partial charge is 0.266 e. The molecule has 1 unspecified atom stereocenters. The molecule has 1 aromatic heterocycles. The molecule has 0 spiro atoms. The summed E-state index contributed by atoms with van der Waals surface area (Å²) in [5.41, 5.74) is 1.74. The van der Waals surface area contributed by atoms with E-state index < -0.39 is 15.6 Å². The van der Waals surface area contributed by atoms with Crippen LogP contribution in [-0.2, 0) is 9.73 Å². The molecule has 130 valence electrons. The van der Waals surface area contributed by atoms with Crippen LogP contribution in [0.15, 0.2) is 52.0 Å². The maximum absolute atomic E-state index is 12.8. The van der Waals surface area contributed by atoms with Crippen molar-refractivity contribution in [1.29, 1.82) is 0 Å². The van der Waals surface area contributed by atoms with Crippen LogP contribution >= 0.6 is 0 Å². The zero-order chi connectivity index (χ0) is 18.7. The molecule has 0 fully saturated rings. The average molecular weight is 354 g/mol. The molecule has 25 heavy (non-hydrogen) atoms. The lowest BCUT2D eigenvalue weighted by molar-refractivity contribution is 0.100. The van der Waals surface area contributed by atoms with Crippen LogP contribution < -0.4 is 0 Å². The second-order valence-electron chi connectivity index (χ2n) is 6.98. The molecule has 2 rings (SSSR count). The number of pyridine rings is 1. The highest BCUT2D eigenvalue weighted by Crippen LogP contribution is 2.15. The maximum atomic E-state index is 12.8. The summed E-state index contributed by atoms with van der Waals surface area (Å²) in [5.74, 6) is 5.55. The summed E-state index contributed by atoms with van der Waals surface area (Å²) >= 11 is 0. The minimum atomic E-state index is -2.82. The summed E-state index contributed by atoms with van der Waals surface area (Å²) in [6.45, 7) is 7.92. The molecular formula is C20H22N2O2S. The Hall–Kier alpha value is -2.45. The number of carbonyl (C=O) groups is 1. The lowest BCUT2D eigenvalue weighted by atomic mass is 9.97. The van der Waals surface area contributed by atoms with Crippen molar-refractivity contribution in [3.63, 3.8) is 0 Å². The number of aryl methyl sites for hydroxylation is 1. The molecule has 1 aromatic carbocycles. The summed E-state index contributed by atoms with van der Waals surface area (Å²) in [7, 11) is -2.82. The van der Waals surface area contributed by atoms with Crippen molar-refractivity contribution in [2.75, 3.05) is 6.26 Å². The number of benzene rings is 1. The van der Waals surface area contributed by atoms with Crippen LogP contribution in [0.2, 0.25) is 0 Å². The normalized spacial score (nSPS) is 13.3. The standard InChI is InChI=1S/C20H22N2O2S/c1-15-7-6-8-18(11-15)25(5,24)22-19(23)17-12-16(13-21-14-17)9-10-20(2,3)4/h6-8,11-14H,1-5H3. The predicted molar refractivity (Wildman–Crippen MR) is 101 cm³/mol. The first kappa shape index (κ1) is 18.9. The summed E-state index contributed by atoms with van der Waals surface area (Å²) in [6.07, 6.45) is 4.48. The Morgan fingerprint density at radius 3 is 2.56 bits per heavy atom. The number of hydrogen-bond donors (Lipinski definition) is 0. The second kappa shape index (κ2) is 7.20. The summed E-state index contributed by atoms with van der Waals surface area (Å²) in [6, 6.07) is 8.84. The number of carbonyl (C=O) groups excluding carboxylic acids is 1. The third kappa shape index (κ3) is 5.54.